The minimum absolute atomic E-state index is 0.449. The van der Waals surface area contributed by atoms with E-state index in [4.69, 9.17) is 11.6 Å². The molecule has 0 atom stereocenters. The summed E-state index contributed by atoms with van der Waals surface area (Å²) in [5, 5.41) is 7.29. The number of nitrogens with zero attached hydrogens (tertiary/aromatic N) is 4. The van der Waals surface area contributed by atoms with Crippen LogP contribution < -0.4 is 10.6 Å². The average molecular weight is 391 g/mol. The summed E-state index contributed by atoms with van der Waals surface area (Å²) in [6.07, 6.45) is 3.24. The monoisotopic (exact) mass is 390 g/mol. The summed E-state index contributed by atoms with van der Waals surface area (Å²) >= 11 is 6.07. The second-order valence-corrected chi connectivity index (χ2v) is 7.07. The summed E-state index contributed by atoms with van der Waals surface area (Å²) in [5.41, 5.74) is 6.36. The van der Waals surface area contributed by atoms with Crippen molar-refractivity contribution in [1.82, 2.24) is 19.9 Å². The Morgan fingerprint density at radius 2 is 1.61 bits per heavy atom. The van der Waals surface area contributed by atoms with E-state index in [0.29, 0.717) is 28.0 Å². The molecule has 2 heterocycles. The Bertz CT molecular complexity index is 1170. The summed E-state index contributed by atoms with van der Waals surface area (Å²) in [6, 6.07) is 11.8. The van der Waals surface area contributed by atoms with Crippen molar-refractivity contribution in [2.75, 3.05) is 10.6 Å². The molecule has 0 bridgehead atoms. The molecule has 7 heteroatoms. The van der Waals surface area contributed by atoms with E-state index in [1.165, 1.54) is 11.1 Å². The fourth-order valence-corrected chi connectivity index (χ4v) is 3.08. The molecule has 0 aliphatic heterocycles. The van der Waals surface area contributed by atoms with Crippen LogP contribution in [0.4, 0.5) is 23.1 Å². The second kappa shape index (κ2) is 7.40. The Hall–Kier alpha value is -3.25. The third-order valence-corrected chi connectivity index (χ3v) is 4.77. The average Bonchev–Trinajstić information content (AvgIpc) is 2.67. The molecule has 0 amide bonds. The van der Waals surface area contributed by atoms with Crippen molar-refractivity contribution in [3.8, 4) is 0 Å². The number of benzene rings is 2. The Morgan fingerprint density at radius 1 is 0.786 bits per heavy atom. The van der Waals surface area contributed by atoms with Gasteiger partial charge in [-0.05, 0) is 67.8 Å². The molecule has 28 heavy (non-hydrogen) atoms. The van der Waals surface area contributed by atoms with E-state index in [1.807, 2.05) is 31.2 Å². The lowest BCUT2D eigenvalue weighted by atomic mass is 10.1. The van der Waals surface area contributed by atoms with Gasteiger partial charge in [0.05, 0.1) is 0 Å². The summed E-state index contributed by atoms with van der Waals surface area (Å²) in [7, 11) is 0. The number of rotatable bonds is 4. The van der Waals surface area contributed by atoms with Crippen LogP contribution in [0.25, 0.3) is 11.2 Å². The summed E-state index contributed by atoms with van der Waals surface area (Å²) in [6.45, 7) is 6.14. The van der Waals surface area contributed by atoms with Gasteiger partial charge in [-0.2, -0.15) is 9.97 Å². The van der Waals surface area contributed by atoms with Crippen molar-refractivity contribution >= 4 is 45.9 Å². The second-order valence-electron chi connectivity index (χ2n) is 6.63. The zero-order chi connectivity index (χ0) is 19.7. The number of nitrogens with one attached hydrogen (secondary N) is 2. The Kier molecular flexibility index (Phi) is 4.79. The number of aryl methyl sites for hydroxylation is 3. The molecule has 0 spiro atoms. The smallest absolute Gasteiger partial charge is 0.231 e. The number of hydrogen-bond acceptors (Lipinski definition) is 6. The van der Waals surface area contributed by atoms with Crippen molar-refractivity contribution in [2.45, 2.75) is 20.8 Å². The fourth-order valence-electron chi connectivity index (χ4n) is 2.85. The first-order chi connectivity index (χ1) is 13.5. The van der Waals surface area contributed by atoms with Crippen LogP contribution in [0, 0.1) is 20.8 Å². The number of fused-ring (bicyclic) bond motifs is 1. The van der Waals surface area contributed by atoms with Crippen molar-refractivity contribution in [3.05, 3.63) is 70.5 Å². The number of hydrogen-bond donors (Lipinski definition) is 2. The van der Waals surface area contributed by atoms with Gasteiger partial charge in [-0.25, -0.2) is 9.97 Å². The quantitative estimate of drug-likeness (QED) is 0.480. The highest BCUT2D eigenvalue weighted by Gasteiger charge is 2.12. The van der Waals surface area contributed by atoms with Gasteiger partial charge in [0.25, 0.3) is 0 Å². The molecular weight excluding hydrogens is 372 g/mol. The molecule has 0 radical (unpaired) electrons. The predicted octanol–water partition coefficient (Wildman–Crippen LogP) is 5.49. The molecule has 0 aliphatic rings. The van der Waals surface area contributed by atoms with Gasteiger partial charge in [0.2, 0.25) is 5.95 Å². The van der Waals surface area contributed by atoms with Gasteiger partial charge in [-0.1, -0.05) is 17.7 Å². The Balaban J connectivity index is 1.75. The summed E-state index contributed by atoms with van der Waals surface area (Å²) in [4.78, 5) is 17.9. The van der Waals surface area contributed by atoms with E-state index in [0.717, 1.165) is 16.9 Å². The third-order valence-electron chi connectivity index (χ3n) is 4.54. The predicted molar refractivity (Wildman–Crippen MR) is 114 cm³/mol. The van der Waals surface area contributed by atoms with E-state index >= 15 is 0 Å². The van der Waals surface area contributed by atoms with Crippen LogP contribution in [0.1, 0.15) is 16.7 Å². The normalized spacial score (nSPS) is 10.9. The zero-order valence-corrected chi connectivity index (χ0v) is 16.5. The maximum Gasteiger partial charge on any atom is 0.231 e. The first kappa shape index (κ1) is 18.1. The van der Waals surface area contributed by atoms with Gasteiger partial charge in [0, 0.05) is 28.8 Å². The lowest BCUT2D eigenvalue weighted by Crippen LogP contribution is -2.05. The van der Waals surface area contributed by atoms with Gasteiger partial charge in [-0.15, -0.1) is 0 Å². The lowest BCUT2D eigenvalue weighted by molar-refractivity contribution is 1.14. The molecular formula is C21H19ClN6. The molecule has 140 valence electrons. The van der Waals surface area contributed by atoms with E-state index in [-0.39, 0.29) is 0 Å². The molecule has 2 aromatic carbocycles. The molecule has 4 aromatic rings. The van der Waals surface area contributed by atoms with Gasteiger partial charge in [0.1, 0.15) is 0 Å². The fraction of sp³-hybridized carbons (Fsp3) is 0.143. The van der Waals surface area contributed by atoms with Crippen LogP contribution in [-0.4, -0.2) is 19.9 Å². The van der Waals surface area contributed by atoms with Crippen molar-refractivity contribution in [2.24, 2.45) is 0 Å². The number of halogens is 1. The minimum atomic E-state index is 0.449. The topological polar surface area (TPSA) is 75.6 Å². The standard InChI is InChI=1S/C21H19ClN6/c1-12-4-6-16(11-13(12)2)25-21-27-19-18(23-8-9-24-19)20(28-21)26-17-7-5-15(22)10-14(17)3/h4-11H,1-3H3,(H2,24,25,26,27,28). The molecule has 6 nitrogen and oxygen atoms in total. The Labute approximate surface area is 168 Å². The molecule has 0 saturated carbocycles. The zero-order valence-electron chi connectivity index (χ0n) is 15.8. The van der Waals surface area contributed by atoms with Crippen molar-refractivity contribution < 1.29 is 0 Å². The maximum atomic E-state index is 6.07. The highest BCUT2D eigenvalue weighted by atomic mass is 35.5. The first-order valence-corrected chi connectivity index (χ1v) is 9.23. The van der Waals surface area contributed by atoms with Gasteiger partial charge in [-0.3, -0.25) is 0 Å². The minimum Gasteiger partial charge on any atom is -0.338 e. The largest absolute Gasteiger partial charge is 0.338 e. The third kappa shape index (κ3) is 3.73. The highest BCUT2D eigenvalue weighted by molar-refractivity contribution is 6.30. The summed E-state index contributed by atoms with van der Waals surface area (Å²) in [5.74, 6) is 1.03. The first-order valence-electron chi connectivity index (χ1n) is 8.86. The van der Waals surface area contributed by atoms with Crippen molar-refractivity contribution in [3.63, 3.8) is 0 Å². The van der Waals surface area contributed by atoms with Crippen LogP contribution in [0.2, 0.25) is 5.02 Å². The summed E-state index contributed by atoms with van der Waals surface area (Å²) < 4.78 is 0. The molecule has 0 fully saturated rings. The van der Waals surface area contributed by atoms with E-state index in [1.54, 1.807) is 12.4 Å². The van der Waals surface area contributed by atoms with Crippen LogP contribution in [-0.2, 0) is 0 Å². The lowest BCUT2D eigenvalue weighted by Gasteiger charge is -2.13. The molecule has 0 unspecified atom stereocenters. The SMILES string of the molecule is Cc1ccc(Nc2nc(Nc3ccc(Cl)cc3C)c3nccnc3n2)cc1C. The van der Waals surface area contributed by atoms with Crippen LogP contribution >= 0.6 is 11.6 Å². The van der Waals surface area contributed by atoms with E-state index in [9.17, 15) is 0 Å². The van der Waals surface area contributed by atoms with Gasteiger partial charge in [0.15, 0.2) is 17.0 Å². The molecule has 0 saturated heterocycles. The van der Waals surface area contributed by atoms with Crippen LogP contribution in [0.15, 0.2) is 48.8 Å². The number of aromatic nitrogens is 4. The van der Waals surface area contributed by atoms with Crippen LogP contribution in [0.5, 0.6) is 0 Å². The molecule has 2 aromatic heterocycles. The van der Waals surface area contributed by atoms with Gasteiger partial charge >= 0.3 is 0 Å². The molecule has 4 rings (SSSR count). The van der Waals surface area contributed by atoms with E-state index in [2.05, 4.69) is 56.5 Å². The highest BCUT2D eigenvalue weighted by Crippen LogP contribution is 2.27. The molecule has 0 aliphatic carbocycles. The van der Waals surface area contributed by atoms with Crippen molar-refractivity contribution in [1.29, 1.82) is 0 Å². The van der Waals surface area contributed by atoms with Gasteiger partial charge < -0.3 is 10.6 Å². The Morgan fingerprint density at radius 3 is 2.39 bits per heavy atom. The maximum absolute atomic E-state index is 6.07. The number of anilines is 4. The molecule has 2 N–H and O–H groups in total. The van der Waals surface area contributed by atoms with E-state index < -0.39 is 0 Å². The van der Waals surface area contributed by atoms with Crippen LogP contribution in [0.3, 0.4) is 0 Å².